The van der Waals surface area contributed by atoms with Crippen LogP contribution in [0.25, 0.3) is 6.08 Å². The van der Waals surface area contributed by atoms with Crippen molar-refractivity contribution < 1.29 is 19.1 Å². The molecule has 0 atom stereocenters. The van der Waals surface area contributed by atoms with Crippen molar-refractivity contribution in [3.63, 3.8) is 0 Å². The van der Waals surface area contributed by atoms with Crippen LogP contribution in [-0.4, -0.2) is 32.1 Å². The number of carbonyl (C=O) groups excluding carboxylic acids is 2. The third kappa shape index (κ3) is 6.41. The first kappa shape index (κ1) is 19.2. The van der Waals surface area contributed by atoms with Crippen molar-refractivity contribution in [2.75, 3.05) is 31.0 Å². The summed E-state index contributed by atoms with van der Waals surface area (Å²) in [6, 6.07) is 14.3. The van der Waals surface area contributed by atoms with Gasteiger partial charge in [0.25, 0.3) is 0 Å². The van der Waals surface area contributed by atoms with Gasteiger partial charge in [-0.1, -0.05) is 12.1 Å². The van der Waals surface area contributed by atoms with Crippen molar-refractivity contribution in [1.29, 1.82) is 0 Å². The summed E-state index contributed by atoms with van der Waals surface area (Å²) in [4.78, 5) is 23.4. The van der Waals surface area contributed by atoms with Crippen molar-refractivity contribution >= 4 is 29.3 Å². The lowest BCUT2D eigenvalue weighted by Crippen LogP contribution is -2.17. The Bertz CT molecular complexity index is 752. The van der Waals surface area contributed by atoms with Crippen LogP contribution in [0.3, 0.4) is 0 Å². The monoisotopic (exact) mass is 354 g/mol. The molecule has 2 amide bonds. The van der Waals surface area contributed by atoms with Crippen molar-refractivity contribution in [1.82, 2.24) is 0 Å². The molecule has 136 valence electrons. The molecule has 0 saturated carbocycles. The first-order valence-electron chi connectivity index (χ1n) is 8.21. The van der Waals surface area contributed by atoms with E-state index in [1.807, 2.05) is 31.2 Å². The first-order valence-corrected chi connectivity index (χ1v) is 8.21. The molecule has 0 fully saturated rings. The number of carbonyl (C=O) groups is 2. The highest BCUT2D eigenvalue weighted by Gasteiger charge is 2.02. The molecule has 6 heteroatoms. The summed E-state index contributed by atoms with van der Waals surface area (Å²) in [5, 5.41) is 5.44. The van der Waals surface area contributed by atoms with Crippen LogP contribution in [0.5, 0.6) is 5.75 Å². The van der Waals surface area contributed by atoms with Crippen LogP contribution in [0.4, 0.5) is 11.4 Å². The van der Waals surface area contributed by atoms with Gasteiger partial charge in [0.05, 0.1) is 6.61 Å². The summed E-state index contributed by atoms with van der Waals surface area (Å²) in [6.07, 6.45) is 3.19. The molecule has 2 aromatic rings. The third-order valence-corrected chi connectivity index (χ3v) is 3.33. The fraction of sp³-hybridized carbons (Fsp3) is 0.200. The molecule has 6 nitrogen and oxygen atoms in total. The van der Waals surface area contributed by atoms with E-state index in [1.54, 1.807) is 30.3 Å². The van der Waals surface area contributed by atoms with E-state index < -0.39 is 0 Å². The molecule has 0 radical (unpaired) electrons. The Labute approximate surface area is 152 Å². The normalized spacial score (nSPS) is 10.5. The molecule has 2 N–H and O–H groups in total. The van der Waals surface area contributed by atoms with Gasteiger partial charge < -0.3 is 20.1 Å². The molecule has 0 heterocycles. The van der Waals surface area contributed by atoms with Crippen LogP contribution in [0.15, 0.2) is 54.6 Å². The fourth-order valence-corrected chi connectivity index (χ4v) is 2.16. The van der Waals surface area contributed by atoms with E-state index in [0.29, 0.717) is 18.0 Å². The van der Waals surface area contributed by atoms with Gasteiger partial charge in [0.1, 0.15) is 12.4 Å². The number of hydrogen-bond donors (Lipinski definition) is 2. The maximum absolute atomic E-state index is 12.0. The van der Waals surface area contributed by atoms with Crippen molar-refractivity contribution in [2.24, 2.45) is 0 Å². The Kier molecular flexibility index (Phi) is 7.39. The molecule has 26 heavy (non-hydrogen) atoms. The van der Waals surface area contributed by atoms with E-state index in [9.17, 15) is 9.59 Å². The average molecular weight is 354 g/mol. The summed E-state index contributed by atoms with van der Waals surface area (Å²) in [6.45, 7) is 2.54. The topological polar surface area (TPSA) is 76.7 Å². The fourth-order valence-electron chi connectivity index (χ4n) is 2.16. The second-order valence-corrected chi connectivity index (χ2v) is 5.38. The van der Waals surface area contributed by atoms with E-state index in [4.69, 9.17) is 9.47 Å². The van der Waals surface area contributed by atoms with E-state index in [2.05, 4.69) is 10.6 Å². The lowest BCUT2D eigenvalue weighted by atomic mass is 10.2. The maximum Gasteiger partial charge on any atom is 0.250 e. The Hall–Kier alpha value is -3.12. The number of benzene rings is 2. The van der Waals surface area contributed by atoms with Gasteiger partial charge in [0.15, 0.2) is 0 Å². The summed E-state index contributed by atoms with van der Waals surface area (Å²) in [7, 11) is 1.46. The Morgan fingerprint density at radius 3 is 2.15 bits per heavy atom. The zero-order valence-electron chi connectivity index (χ0n) is 14.8. The molecule has 0 saturated heterocycles. The van der Waals surface area contributed by atoms with Crippen LogP contribution in [0, 0.1) is 0 Å². The quantitative estimate of drug-likeness (QED) is 0.713. The maximum atomic E-state index is 12.0. The molecular formula is C20H22N2O4. The first-order chi connectivity index (χ1) is 12.6. The third-order valence-electron chi connectivity index (χ3n) is 3.33. The SMILES string of the molecule is CCOc1ccc(/C=C/C(=O)Nc2ccc(NC(=O)COC)cc2)cc1. The number of nitrogens with one attached hydrogen (secondary N) is 2. The Morgan fingerprint density at radius 1 is 0.962 bits per heavy atom. The van der Waals surface area contributed by atoms with E-state index in [-0.39, 0.29) is 18.4 Å². The smallest absolute Gasteiger partial charge is 0.250 e. The zero-order chi connectivity index (χ0) is 18.8. The van der Waals surface area contributed by atoms with Gasteiger partial charge in [-0.3, -0.25) is 9.59 Å². The highest BCUT2D eigenvalue weighted by molar-refractivity contribution is 6.02. The molecule has 2 aromatic carbocycles. The second kappa shape index (κ2) is 10.0. The predicted molar refractivity (Wildman–Crippen MR) is 102 cm³/mol. The number of amides is 2. The average Bonchev–Trinajstić information content (AvgIpc) is 2.63. The number of anilines is 2. The molecular weight excluding hydrogens is 332 g/mol. The molecule has 0 aliphatic rings. The minimum Gasteiger partial charge on any atom is -0.494 e. The molecule has 0 unspecified atom stereocenters. The van der Waals surface area contributed by atoms with Crippen molar-refractivity contribution in [3.8, 4) is 5.75 Å². The zero-order valence-corrected chi connectivity index (χ0v) is 14.8. The Balaban J connectivity index is 1.87. The lowest BCUT2D eigenvalue weighted by Gasteiger charge is -2.06. The van der Waals surface area contributed by atoms with Crippen molar-refractivity contribution in [2.45, 2.75) is 6.92 Å². The van der Waals surface area contributed by atoms with Crippen LogP contribution >= 0.6 is 0 Å². The van der Waals surface area contributed by atoms with E-state index >= 15 is 0 Å². The Morgan fingerprint density at radius 2 is 1.58 bits per heavy atom. The van der Waals surface area contributed by atoms with Crippen molar-refractivity contribution in [3.05, 3.63) is 60.2 Å². The van der Waals surface area contributed by atoms with Crippen LogP contribution in [0.2, 0.25) is 0 Å². The number of hydrogen-bond acceptors (Lipinski definition) is 4. The summed E-state index contributed by atoms with van der Waals surface area (Å²) >= 11 is 0. The highest BCUT2D eigenvalue weighted by atomic mass is 16.5. The summed E-state index contributed by atoms with van der Waals surface area (Å²) in [5.74, 6) is 0.324. The van der Waals surface area contributed by atoms with Crippen LogP contribution in [0.1, 0.15) is 12.5 Å². The van der Waals surface area contributed by atoms with Gasteiger partial charge >= 0.3 is 0 Å². The van der Waals surface area contributed by atoms with Crippen LogP contribution in [-0.2, 0) is 14.3 Å². The number of methoxy groups -OCH3 is 1. The van der Waals surface area contributed by atoms with Gasteiger partial charge in [-0.15, -0.1) is 0 Å². The standard InChI is InChI=1S/C20H22N2O4/c1-3-26-18-11-4-15(5-12-18)6-13-19(23)21-16-7-9-17(10-8-16)22-20(24)14-25-2/h4-13H,3,14H2,1-2H3,(H,21,23)(H,22,24)/b13-6+. The minimum atomic E-state index is -0.241. The summed E-state index contributed by atoms with van der Waals surface area (Å²) in [5.41, 5.74) is 2.17. The van der Waals surface area contributed by atoms with E-state index in [1.165, 1.54) is 13.2 Å². The predicted octanol–water partition coefficient (Wildman–Crippen LogP) is 3.32. The molecule has 0 aliphatic heterocycles. The van der Waals surface area contributed by atoms with Gasteiger partial charge in [-0.25, -0.2) is 0 Å². The largest absolute Gasteiger partial charge is 0.494 e. The highest BCUT2D eigenvalue weighted by Crippen LogP contribution is 2.15. The molecule has 0 spiro atoms. The van der Waals surface area contributed by atoms with Crippen LogP contribution < -0.4 is 15.4 Å². The summed E-state index contributed by atoms with van der Waals surface area (Å²) < 4.78 is 10.1. The molecule has 0 aliphatic carbocycles. The van der Waals surface area contributed by atoms with Gasteiger partial charge in [0.2, 0.25) is 11.8 Å². The lowest BCUT2D eigenvalue weighted by molar-refractivity contribution is -0.119. The number of ether oxygens (including phenoxy) is 2. The molecule has 0 bridgehead atoms. The van der Waals surface area contributed by atoms with Gasteiger partial charge in [-0.05, 0) is 55.0 Å². The van der Waals surface area contributed by atoms with Gasteiger partial charge in [0, 0.05) is 24.6 Å². The van der Waals surface area contributed by atoms with Gasteiger partial charge in [-0.2, -0.15) is 0 Å². The molecule has 0 aromatic heterocycles. The van der Waals surface area contributed by atoms with E-state index in [0.717, 1.165) is 11.3 Å². The second-order valence-electron chi connectivity index (χ2n) is 5.38. The molecule has 2 rings (SSSR count). The number of rotatable bonds is 8. The minimum absolute atomic E-state index is 0.00513.